The summed E-state index contributed by atoms with van der Waals surface area (Å²) in [6.07, 6.45) is 2.43. The predicted molar refractivity (Wildman–Crippen MR) is 45.8 cm³/mol. The molecule has 1 saturated heterocycles. The fraction of sp³-hybridized carbons (Fsp3) is 0.857. The van der Waals surface area contributed by atoms with Crippen LogP contribution in [0.4, 0.5) is 0 Å². The van der Waals surface area contributed by atoms with Crippen molar-refractivity contribution in [2.45, 2.75) is 19.8 Å². The molecular weight excluding hydrogens is 140 g/mol. The Labute approximate surface area is 67.2 Å². The molecule has 1 heterocycles. The average Bonchev–Trinajstić information content (AvgIpc) is 2.50. The number of hydrazone groups is 1. The smallest absolute Gasteiger partial charge is 0.213 e. The molecule has 4 N–H and O–H groups in total. The van der Waals surface area contributed by atoms with Crippen molar-refractivity contribution in [3.8, 4) is 0 Å². The molecule has 4 nitrogen and oxygen atoms in total. The van der Waals surface area contributed by atoms with Crippen LogP contribution >= 0.6 is 0 Å². The quantitative estimate of drug-likeness (QED) is 0.241. The molecular formula is C7H16N4. The fourth-order valence-electron chi connectivity index (χ4n) is 1.46. The van der Waals surface area contributed by atoms with Gasteiger partial charge in [0.05, 0.1) is 0 Å². The minimum atomic E-state index is 0.473. The Morgan fingerprint density at radius 2 is 2.45 bits per heavy atom. The Bertz CT molecular complexity index is 155. The third kappa shape index (κ3) is 1.76. The van der Waals surface area contributed by atoms with Crippen LogP contribution in [-0.4, -0.2) is 23.9 Å². The summed E-state index contributed by atoms with van der Waals surface area (Å²) in [5.74, 6) is 6.31. The highest BCUT2D eigenvalue weighted by Gasteiger charge is 2.21. The average molecular weight is 156 g/mol. The summed E-state index contributed by atoms with van der Waals surface area (Å²) < 4.78 is 0. The van der Waals surface area contributed by atoms with Gasteiger partial charge in [0.15, 0.2) is 0 Å². The van der Waals surface area contributed by atoms with E-state index in [2.05, 4.69) is 12.0 Å². The third-order valence-electron chi connectivity index (χ3n) is 2.32. The summed E-state index contributed by atoms with van der Waals surface area (Å²) in [4.78, 5) is 2.04. The highest BCUT2D eigenvalue weighted by molar-refractivity contribution is 5.77. The van der Waals surface area contributed by atoms with Crippen molar-refractivity contribution in [3.05, 3.63) is 0 Å². The maximum Gasteiger partial charge on any atom is 0.213 e. The van der Waals surface area contributed by atoms with Crippen LogP contribution in [0.1, 0.15) is 19.8 Å². The molecule has 1 atom stereocenters. The standard InChI is InChI=1S/C7H16N4/c1-2-6-3-4-11(5-6)7(8)10-9/h6H,2-5,9H2,1H3,(H2,8,10). The van der Waals surface area contributed by atoms with Crippen LogP contribution in [0.5, 0.6) is 0 Å². The van der Waals surface area contributed by atoms with Gasteiger partial charge >= 0.3 is 0 Å². The minimum Gasteiger partial charge on any atom is -0.368 e. The van der Waals surface area contributed by atoms with Crippen LogP contribution in [-0.2, 0) is 0 Å². The second-order valence-corrected chi connectivity index (χ2v) is 3.00. The molecule has 11 heavy (non-hydrogen) atoms. The summed E-state index contributed by atoms with van der Waals surface area (Å²) in [5, 5.41) is 3.46. The first-order valence-electron chi connectivity index (χ1n) is 4.06. The van der Waals surface area contributed by atoms with Crippen molar-refractivity contribution >= 4 is 5.96 Å². The molecule has 1 rings (SSSR count). The maximum absolute atomic E-state index is 5.55. The van der Waals surface area contributed by atoms with Crippen molar-refractivity contribution in [3.63, 3.8) is 0 Å². The van der Waals surface area contributed by atoms with Crippen molar-refractivity contribution in [2.24, 2.45) is 22.6 Å². The maximum atomic E-state index is 5.55. The molecule has 0 bridgehead atoms. The summed E-state index contributed by atoms with van der Waals surface area (Å²) in [5.41, 5.74) is 5.55. The van der Waals surface area contributed by atoms with Crippen LogP contribution in [0.3, 0.4) is 0 Å². The summed E-state index contributed by atoms with van der Waals surface area (Å²) in [6.45, 7) is 4.22. The molecule has 64 valence electrons. The molecule has 0 aromatic carbocycles. The van der Waals surface area contributed by atoms with E-state index in [0.29, 0.717) is 5.96 Å². The van der Waals surface area contributed by atoms with Gasteiger partial charge in [-0.2, -0.15) is 0 Å². The van der Waals surface area contributed by atoms with Gasteiger partial charge in [0, 0.05) is 13.1 Å². The number of likely N-dealkylation sites (tertiary alicyclic amines) is 1. The van der Waals surface area contributed by atoms with E-state index >= 15 is 0 Å². The monoisotopic (exact) mass is 156 g/mol. The second-order valence-electron chi connectivity index (χ2n) is 3.00. The molecule has 1 unspecified atom stereocenters. The zero-order chi connectivity index (χ0) is 8.27. The van der Waals surface area contributed by atoms with Crippen LogP contribution in [0.2, 0.25) is 0 Å². The Kier molecular flexibility index (Phi) is 2.57. The summed E-state index contributed by atoms with van der Waals surface area (Å²) in [7, 11) is 0. The lowest BCUT2D eigenvalue weighted by atomic mass is 10.1. The van der Waals surface area contributed by atoms with Gasteiger partial charge in [0.1, 0.15) is 0 Å². The van der Waals surface area contributed by atoms with Gasteiger partial charge in [-0.15, -0.1) is 5.10 Å². The Morgan fingerprint density at radius 3 is 2.91 bits per heavy atom. The van der Waals surface area contributed by atoms with E-state index in [4.69, 9.17) is 11.6 Å². The van der Waals surface area contributed by atoms with E-state index in [9.17, 15) is 0 Å². The molecule has 1 aliphatic rings. The Balaban J connectivity index is 2.41. The number of guanidine groups is 1. The number of rotatable bonds is 1. The van der Waals surface area contributed by atoms with E-state index < -0.39 is 0 Å². The van der Waals surface area contributed by atoms with E-state index in [0.717, 1.165) is 19.0 Å². The summed E-state index contributed by atoms with van der Waals surface area (Å²) in [6, 6.07) is 0. The zero-order valence-corrected chi connectivity index (χ0v) is 6.95. The van der Waals surface area contributed by atoms with Crippen LogP contribution < -0.4 is 11.6 Å². The predicted octanol–water partition coefficient (Wildman–Crippen LogP) is -0.0933. The lowest BCUT2D eigenvalue weighted by Gasteiger charge is -2.15. The van der Waals surface area contributed by atoms with E-state index in [1.807, 2.05) is 4.90 Å². The van der Waals surface area contributed by atoms with Gasteiger partial charge in [-0.1, -0.05) is 13.3 Å². The first kappa shape index (κ1) is 8.17. The molecule has 0 radical (unpaired) electrons. The Morgan fingerprint density at radius 1 is 1.73 bits per heavy atom. The highest BCUT2D eigenvalue weighted by Crippen LogP contribution is 2.17. The van der Waals surface area contributed by atoms with Crippen LogP contribution in [0.15, 0.2) is 5.10 Å². The number of hydrogen-bond acceptors (Lipinski definition) is 2. The normalized spacial score (nSPS) is 26.1. The molecule has 1 fully saturated rings. The van der Waals surface area contributed by atoms with Crippen molar-refractivity contribution < 1.29 is 0 Å². The largest absolute Gasteiger partial charge is 0.368 e. The van der Waals surface area contributed by atoms with Crippen molar-refractivity contribution in [1.29, 1.82) is 0 Å². The molecule has 1 aliphatic heterocycles. The molecule has 4 heteroatoms. The van der Waals surface area contributed by atoms with Gasteiger partial charge < -0.3 is 16.5 Å². The summed E-state index contributed by atoms with van der Waals surface area (Å²) >= 11 is 0. The lowest BCUT2D eigenvalue weighted by molar-refractivity contribution is 0.467. The fourth-order valence-corrected chi connectivity index (χ4v) is 1.46. The first-order chi connectivity index (χ1) is 5.27. The second kappa shape index (κ2) is 3.46. The minimum absolute atomic E-state index is 0.473. The third-order valence-corrected chi connectivity index (χ3v) is 2.32. The van der Waals surface area contributed by atoms with E-state index in [1.165, 1.54) is 12.8 Å². The Hall–Kier alpha value is -0.930. The number of nitrogens with two attached hydrogens (primary N) is 2. The van der Waals surface area contributed by atoms with Crippen molar-refractivity contribution in [1.82, 2.24) is 4.90 Å². The molecule has 0 amide bonds. The zero-order valence-electron chi connectivity index (χ0n) is 6.95. The molecule has 0 aromatic rings. The van der Waals surface area contributed by atoms with Gasteiger partial charge in [-0.3, -0.25) is 0 Å². The van der Waals surface area contributed by atoms with E-state index in [-0.39, 0.29) is 0 Å². The SMILES string of the molecule is CCC1CCN(C(N)=NN)C1. The van der Waals surface area contributed by atoms with Gasteiger partial charge in [0.2, 0.25) is 5.96 Å². The van der Waals surface area contributed by atoms with Crippen LogP contribution in [0.25, 0.3) is 0 Å². The van der Waals surface area contributed by atoms with Crippen molar-refractivity contribution in [2.75, 3.05) is 13.1 Å². The van der Waals surface area contributed by atoms with E-state index in [1.54, 1.807) is 0 Å². The topological polar surface area (TPSA) is 67.6 Å². The molecule has 0 spiro atoms. The lowest BCUT2D eigenvalue weighted by Crippen LogP contribution is -2.36. The molecule has 0 saturated carbocycles. The van der Waals surface area contributed by atoms with Gasteiger partial charge in [-0.25, -0.2) is 0 Å². The van der Waals surface area contributed by atoms with Crippen LogP contribution in [0, 0.1) is 5.92 Å². The van der Waals surface area contributed by atoms with Gasteiger partial charge in [0.25, 0.3) is 0 Å². The highest BCUT2D eigenvalue weighted by atomic mass is 15.3. The molecule has 0 aromatic heterocycles. The van der Waals surface area contributed by atoms with Gasteiger partial charge in [-0.05, 0) is 12.3 Å². The number of hydrogen-bond donors (Lipinski definition) is 2. The number of nitrogens with zero attached hydrogens (tertiary/aromatic N) is 2. The molecule has 0 aliphatic carbocycles. The first-order valence-corrected chi connectivity index (χ1v) is 4.06.